The van der Waals surface area contributed by atoms with Crippen molar-refractivity contribution in [3.63, 3.8) is 0 Å². The Morgan fingerprint density at radius 1 is 1.32 bits per heavy atom. The number of hydrogen-bond acceptors (Lipinski definition) is 7. The highest BCUT2D eigenvalue weighted by Gasteiger charge is 2.21. The minimum atomic E-state index is -1.74. The van der Waals surface area contributed by atoms with E-state index >= 15 is 0 Å². The Balaban J connectivity index is 2.97. The van der Waals surface area contributed by atoms with Crippen LogP contribution in [-0.4, -0.2) is 38.7 Å². The van der Waals surface area contributed by atoms with Gasteiger partial charge in [-0.3, -0.25) is 20.2 Å². The summed E-state index contributed by atoms with van der Waals surface area (Å²) in [5.74, 6) is -1.49. The highest BCUT2D eigenvalue weighted by atomic mass is 16.6. The third kappa shape index (κ3) is 3.61. The Kier molecular flexibility index (Phi) is 4.32. The maximum atomic E-state index is 10.7. The van der Waals surface area contributed by atoms with Crippen molar-refractivity contribution in [1.29, 1.82) is 0 Å². The molecule has 0 aromatic heterocycles. The van der Waals surface area contributed by atoms with E-state index in [-0.39, 0.29) is 5.69 Å². The molecule has 1 aromatic carbocycles. The predicted molar refractivity (Wildman–Crippen MR) is 61.9 cm³/mol. The van der Waals surface area contributed by atoms with E-state index < -0.39 is 39.8 Å². The molecular weight excluding hydrogens is 262 g/mol. The van der Waals surface area contributed by atoms with Gasteiger partial charge in [-0.05, 0) is 6.07 Å². The quantitative estimate of drug-likeness (QED) is 0.494. The molecule has 1 aromatic rings. The van der Waals surface area contributed by atoms with Crippen LogP contribution in [0.15, 0.2) is 18.2 Å². The summed E-state index contributed by atoms with van der Waals surface area (Å²) in [6, 6.07) is 2.85. The van der Waals surface area contributed by atoms with E-state index in [1.807, 2.05) is 0 Å². The molecule has 0 aliphatic heterocycles. The maximum absolute atomic E-state index is 10.7. The van der Waals surface area contributed by atoms with Crippen LogP contribution in [0.4, 0.5) is 17.1 Å². The lowest BCUT2D eigenvalue weighted by molar-refractivity contribution is -0.393. The number of nitro groups is 2. The van der Waals surface area contributed by atoms with Gasteiger partial charge >= 0.3 is 5.97 Å². The summed E-state index contributed by atoms with van der Waals surface area (Å²) in [6.45, 7) is -0.464. The standard InChI is InChI=1S/C9H9N3O7/c13-8(9(14)15)4-10-6-2-1-5(11(16)17)3-7(6)12(18)19/h1-3,8,10,13H,4H2,(H,14,15). The van der Waals surface area contributed by atoms with E-state index in [1.165, 1.54) is 0 Å². The zero-order chi connectivity index (χ0) is 14.6. The van der Waals surface area contributed by atoms with Crippen molar-refractivity contribution < 1.29 is 24.9 Å². The number of carboxylic acid groups (broad SMARTS) is 1. The Hall–Kier alpha value is -2.75. The number of nitrogens with zero attached hydrogens (tertiary/aromatic N) is 2. The van der Waals surface area contributed by atoms with Gasteiger partial charge in [-0.15, -0.1) is 0 Å². The largest absolute Gasteiger partial charge is 0.479 e. The summed E-state index contributed by atoms with van der Waals surface area (Å²) in [6.07, 6.45) is -1.74. The topological polar surface area (TPSA) is 156 Å². The number of benzene rings is 1. The van der Waals surface area contributed by atoms with Gasteiger partial charge in [0.15, 0.2) is 6.10 Å². The van der Waals surface area contributed by atoms with Crippen LogP contribution in [0.2, 0.25) is 0 Å². The number of aliphatic carboxylic acids is 1. The average Bonchev–Trinajstić information content (AvgIpc) is 2.35. The van der Waals surface area contributed by atoms with Crippen molar-refractivity contribution in [2.24, 2.45) is 0 Å². The molecule has 0 fully saturated rings. The minimum Gasteiger partial charge on any atom is -0.479 e. The number of aliphatic hydroxyl groups is 1. The van der Waals surface area contributed by atoms with Gasteiger partial charge in [0.25, 0.3) is 11.4 Å². The van der Waals surface area contributed by atoms with Gasteiger partial charge in [0.2, 0.25) is 0 Å². The van der Waals surface area contributed by atoms with E-state index in [0.29, 0.717) is 0 Å². The second-order valence-electron chi connectivity index (χ2n) is 3.45. The molecule has 102 valence electrons. The smallest absolute Gasteiger partial charge is 0.334 e. The summed E-state index contributed by atoms with van der Waals surface area (Å²) < 4.78 is 0. The SMILES string of the molecule is O=C(O)C(O)CNc1ccc([N+](=O)[O-])cc1[N+](=O)[O-]. The highest BCUT2D eigenvalue weighted by Crippen LogP contribution is 2.28. The Morgan fingerprint density at radius 2 is 1.95 bits per heavy atom. The Labute approximate surface area is 105 Å². The zero-order valence-electron chi connectivity index (χ0n) is 9.35. The number of hydrogen-bond donors (Lipinski definition) is 3. The van der Waals surface area contributed by atoms with E-state index in [4.69, 9.17) is 10.2 Å². The van der Waals surface area contributed by atoms with Gasteiger partial charge in [-0.25, -0.2) is 4.79 Å². The van der Waals surface area contributed by atoms with Crippen LogP contribution in [0.1, 0.15) is 0 Å². The lowest BCUT2D eigenvalue weighted by Gasteiger charge is -2.09. The van der Waals surface area contributed by atoms with E-state index in [1.54, 1.807) is 0 Å². The van der Waals surface area contributed by atoms with E-state index in [9.17, 15) is 25.0 Å². The van der Waals surface area contributed by atoms with Crippen LogP contribution in [0.5, 0.6) is 0 Å². The average molecular weight is 271 g/mol. The molecule has 0 aliphatic rings. The monoisotopic (exact) mass is 271 g/mol. The fourth-order valence-electron chi connectivity index (χ4n) is 1.23. The summed E-state index contributed by atoms with van der Waals surface area (Å²) in [7, 11) is 0. The first-order valence-corrected chi connectivity index (χ1v) is 4.90. The molecular formula is C9H9N3O7. The first kappa shape index (κ1) is 14.3. The van der Waals surface area contributed by atoms with Gasteiger partial charge in [0, 0.05) is 6.07 Å². The number of aliphatic hydroxyl groups excluding tert-OH is 1. The number of carboxylic acids is 1. The number of carbonyl (C=O) groups is 1. The summed E-state index contributed by atoms with van der Waals surface area (Å²) >= 11 is 0. The molecule has 1 atom stereocenters. The van der Waals surface area contributed by atoms with Crippen molar-refractivity contribution in [3.8, 4) is 0 Å². The third-order valence-electron chi connectivity index (χ3n) is 2.16. The summed E-state index contributed by atoms with van der Waals surface area (Å²) in [5.41, 5.74) is -1.15. The third-order valence-corrected chi connectivity index (χ3v) is 2.16. The van der Waals surface area contributed by atoms with E-state index in [2.05, 4.69) is 5.32 Å². The van der Waals surface area contributed by atoms with Gasteiger partial charge in [-0.2, -0.15) is 0 Å². The van der Waals surface area contributed by atoms with Crippen molar-refractivity contribution in [1.82, 2.24) is 0 Å². The predicted octanol–water partition coefficient (Wildman–Crippen LogP) is 0.360. The lowest BCUT2D eigenvalue weighted by Crippen LogP contribution is -2.28. The molecule has 0 radical (unpaired) electrons. The summed E-state index contributed by atoms with van der Waals surface area (Å²) in [5, 5.41) is 41.0. The normalized spacial score (nSPS) is 11.6. The second-order valence-corrected chi connectivity index (χ2v) is 3.45. The molecule has 1 unspecified atom stereocenters. The summed E-state index contributed by atoms with van der Waals surface area (Å²) in [4.78, 5) is 30.0. The van der Waals surface area contributed by atoms with Crippen LogP contribution in [0.3, 0.4) is 0 Å². The van der Waals surface area contributed by atoms with Crippen LogP contribution < -0.4 is 5.32 Å². The Morgan fingerprint density at radius 3 is 2.42 bits per heavy atom. The first-order chi connectivity index (χ1) is 8.82. The molecule has 0 saturated carbocycles. The molecule has 19 heavy (non-hydrogen) atoms. The molecule has 0 saturated heterocycles. The van der Waals surface area contributed by atoms with Gasteiger partial charge in [0.05, 0.1) is 22.5 Å². The van der Waals surface area contributed by atoms with Crippen molar-refractivity contribution in [2.75, 3.05) is 11.9 Å². The number of nitro benzene ring substituents is 2. The fourth-order valence-corrected chi connectivity index (χ4v) is 1.23. The van der Waals surface area contributed by atoms with Gasteiger partial charge in [-0.1, -0.05) is 0 Å². The molecule has 0 amide bonds. The maximum Gasteiger partial charge on any atom is 0.334 e. The second kappa shape index (κ2) is 5.73. The highest BCUT2D eigenvalue weighted by molar-refractivity contribution is 5.73. The van der Waals surface area contributed by atoms with Crippen molar-refractivity contribution in [3.05, 3.63) is 38.4 Å². The molecule has 1 rings (SSSR count). The van der Waals surface area contributed by atoms with E-state index in [0.717, 1.165) is 18.2 Å². The fraction of sp³-hybridized carbons (Fsp3) is 0.222. The number of nitrogens with one attached hydrogen (secondary N) is 1. The van der Waals surface area contributed by atoms with Crippen LogP contribution in [0, 0.1) is 20.2 Å². The van der Waals surface area contributed by atoms with Crippen LogP contribution in [0.25, 0.3) is 0 Å². The molecule has 0 heterocycles. The minimum absolute atomic E-state index is 0.115. The molecule has 0 bridgehead atoms. The molecule has 0 aliphatic carbocycles. The molecule has 10 nitrogen and oxygen atoms in total. The first-order valence-electron chi connectivity index (χ1n) is 4.90. The van der Waals surface area contributed by atoms with Crippen molar-refractivity contribution >= 4 is 23.0 Å². The van der Waals surface area contributed by atoms with Crippen LogP contribution >= 0.6 is 0 Å². The molecule has 0 spiro atoms. The Bertz CT molecular complexity index is 531. The van der Waals surface area contributed by atoms with Gasteiger partial charge in [0.1, 0.15) is 5.69 Å². The number of anilines is 1. The zero-order valence-corrected chi connectivity index (χ0v) is 9.35. The lowest BCUT2D eigenvalue weighted by atomic mass is 10.2. The number of rotatable bonds is 6. The number of non-ortho nitro benzene ring substituents is 1. The van der Waals surface area contributed by atoms with Crippen LogP contribution in [-0.2, 0) is 4.79 Å². The van der Waals surface area contributed by atoms with Crippen molar-refractivity contribution in [2.45, 2.75) is 6.10 Å². The molecule has 3 N–H and O–H groups in total. The van der Waals surface area contributed by atoms with Gasteiger partial charge < -0.3 is 15.5 Å². The molecule has 10 heteroatoms.